The van der Waals surface area contributed by atoms with Gasteiger partial charge >= 0.3 is 13.2 Å². The van der Waals surface area contributed by atoms with E-state index in [2.05, 4.69) is 15.3 Å². The summed E-state index contributed by atoms with van der Waals surface area (Å²) in [6.45, 7) is 16.0. The first-order valence-corrected chi connectivity index (χ1v) is 14.3. The molecule has 0 radical (unpaired) electrons. The van der Waals surface area contributed by atoms with Crippen LogP contribution in [0, 0.1) is 0 Å². The van der Waals surface area contributed by atoms with Gasteiger partial charge in [0.2, 0.25) is 5.91 Å². The first-order chi connectivity index (χ1) is 17.2. The molecule has 2 saturated heterocycles. The molecule has 9 nitrogen and oxygen atoms in total. The molecular formula is C26H43BN4O5S. The number of rotatable bonds is 8. The molecule has 0 aromatic carbocycles. The van der Waals surface area contributed by atoms with Gasteiger partial charge in [-0.25, -0.2) is 14.8 Å². The maximum atomic E-state index is 13.1. The lowest BCUT2D eigenvalue weighted by molar-refractivity contribution is -0.136. The molecule has 2 amide bonds. The van der Waals surface area contributed by atoms with Crippen LogP contribution in [0.1, 0.15) is 87.5 Å². The summed E-state index contributed by atoms with van der Waals surface area (Å²) in [5, 5.41) is 3.40. The van der Waals surface area contributed by atoms with Crippen LogP contribution in [0.25, 0.3) is 0 Å². The van der Waals surface area contributed by atoms with Gasteiger partial charge < -0.3 is 24.3 Å². The van der Waals surface area contributed by atoms with Crippen molar-refractivity contribution < 1.29 is 23.6 Å². The normalized spacial score (nSPS) is 22.0. The Morgan fingerprint density at radius 2 is 1.81 bits per heavy atom. The number of ether oxygens (including phenoxy) is 1. The molecule has 0 saturated carbocycles. The van der Waals surface area contributed by atoms with Crippen LogP contribution in [0.5, 0.6) is 0 Å². The van der Waals surface area contributed by atoms with Crippen LogP contribution in [0.2, 0.25) is 0 Å². The first-order valence-electron chi connectivity index (χ1n) is 13.3. The van der Waals surface area contributed by atoms with E-state index in [9.17, 15) is 9.59 Å². The number of hydrogen-bond acceptors (Lipinski definition) is 8. The molecule has 37 heavy (non-hydrogen) atoms. The predicted octanol–water partition coefficient (Wildman–Crippen LogP) is 3.94. The van der Waals surface area contributed by atoms with Crippen molar-refractivity contribution in [1.82, 2.24) is 20.2 Å². The number of thioether (sulfide) groups is 1. The van der Waals surface area contributed by atoms with E-state index in [0.717, 1.165) is 49.9 Å². The number of nitrogens with zero attached hydrogens (tertiary/aromatic N) is 3. The van der Waals surface area contributed by atoms with Gasteiger partial charge in [-0.15, -0.1) is 0 Å². The molecule has 206 valence electrons. The number of hydrogen-bond donors (Lipinski definition) is 1. The molecule has 1 aromatic rings. The van der Waals surface area contributed by atoms with Gasteiger partial charge in [-0.3, -0.25) is 4.79 Å². The Labute approximate surface area is 226 Å². The van der Waals surface area contributed by atoms with E-state index >= 15 is 0 Å². The number of nitrogens with one attached hydrogen (secondary N) is 1. The molecule has 2 fully saturated rings. The van der Waals surface area contributed by atoms with E-state index in [1.165, 1.54) is 0 Å². The Morgan fingerprint density at radius 3 is 2.41 bits per heavy atom. The van der Waals surface area contributed by atoms with Crippen LogP contribution in [0.3, 0.4) is 0 Å². The van der Waals surface area contributed by atoms with Crippen LogP contribution in [-0.4, -0.2) is 75.2 Å². The summed E-state index contributed by atoms with van der Waals surface area (Å²) in [5.41, 5.74) is -0.589. The van der Waals surface area contributed by atoms with Crippen molar-refractivity contribution in [1.29, 1.82) is 0 Å². The molecule has 11 heteroatoms. The van der Waals surface area contributed by atoms with E-state index < -0.39 is 36.1 Å². The molecule has 3 rings (SSSR count). The third-order valence-electron chi connectivity index (χ3n) is 7.10. The maximum absolute atomic E-state index is 13.1. The van der Waals surface area contributed by atoms with Gasteiger partial charge in [0.05, 0.1) is 11.2 Å². The fraction of sp³-hybridized carbons (Fsp3) is 0.769. The minimum absolute atomic E-state index is 0.0511. The summed E-state index contributed by atoms with van der Waals surface area (Å²) < 4.78 is 17.4. The zero-order valence-electron chi connectivity index (χ0n) is 23.6. The molecular weight excluding hydrogens is 491 g/mol. The van der Waals surface area contributed by atoms with E-state index in [1.54, 1.807) is 51.9 Å². The average molecular weight is 535 g/mol. The second-order valence-corrected chi connectivity index (χ2v) is 13.0. The fourth-order valence-corrected chi connectivity index (χ4v) is 5.12. The van der Waals surface area contributed by atoms with Crippen molar-refractivity contribution in [3.8, 4) is 0 Å². The highest BCUT2D eigenvalue weighted by Crippen LogP contribution is 2.36. The fourth-order valence-electron chi connectivity index (χ4n) is 4.37. The lowest BCUT2D eigenvalue weighted by Crippen LogP contribution is -2.52. The summed E-state index contributed by atoms with van der Waals surface area (Å²) in [5.74, 6) is 0.810. The number of piperidine rings is 1. The van der Waals surface area contributed by atoms with Crippen molar-refractivity contribution in [3.63, 3.8) is 0 Å². The summed E-state index contributed by atoms with van der Waals surface area (Å²) >= 11 is 1.61. The van der Waals surface area contributed by atoms with E-state index in [1.807, 2.05) is 32.6 Å². The Bertz CT molecular complexity index is 922. The molecule has 2 atom stereocenters. The second-order valence-electron chi connectivity index (χ2n) is 11.9. The second kappa shape index (κ2) is 11.9. The Hall–Kier alpha value is -1.85. The highest BCUT2D eigenvalue weighted by atomic mass is 32.2. The van der Waals surface area contributed by atoms with Crippen molar-refractivity contribution in [2.24, 2.45) is 0 Å². The monoisotopic (exact) mass is 534 g/mol. The highest BCUT2D eigenvalue weighted by Gasteiger charge is 2.52. The molecule has 0 bridgehead atoms. The van der Waals surface area contributed by atoms with Gasteiger partial charge in [-0.1, -0.05) is 11.8 Å². The van der Waals surface area contributed by atoms with Gasteiger partial charge in [0.25, 0.3) is 0 Å². The quantitative estimate of drug-likeness (QED) is 0.232. The number of likely N-dealkylation sites (tertiary alicyclic amines) is 1. The molecule has 2 aliphatic heterocycles. The number of alkyl carbamates (subject to hydrolysis) is 1. The van der Waals surface area contributed by atoms with Gasteiger partial charge in [0.1, 0.15) is 11.6 Å². The summed E-state index contributed by atoms with van der Waals surface area (Å²) in [4.78, 5) is 36.1. The molecule has 1 aromatic heterocycles. The summed E-state index contributed by atoms with van der Waals surface area (Å²) in [7, 11) is -0.467. The van der Waals surface area contributed by atoms with Crippen molar-refractivity contribution in [3.05, 3.63) is 12.4 Å². The third kappa shape index (κ3) is 8.07. The topological polar surface area (TPSA) is 103 Å². The summed E-state index contributed by atoms with van der Waals surface area (Å²) in [6, 6.07) is -0.447. The Morgan fingerprint density at radius 1 is 1.19 bits per heavy atom. The molecule has 2 aliphatic rings. The zero-order valence-corrected chi connectivity index (χ0v) is 24.4. The molecule has 2 unspecified atom stereocenters. The van der Waals surface area contributed by atoms with Gasteiger partial charge in [-0.05, 0) is 87.5 Å². The van der Waals surface area contributed by atoms with Gasteiger partial charge in [0.15, 0.2) is 5.16 Å². The number of carbonyl (C=O) groups excluding carboxylic acids is 2. The lowest BCUT2D eigenvalue weighted by Gasteiger charge is -2.37. The number of aromatic nitrogens is 2. The molecule has 0 spiro atoms. The maximum Gasteiger partial charge on any atom is 0.498 e. The average Bonchev–Trinajstić information content (AvgIpc) is 3.02. The van der Waals surface area contributed by atoms with Crippen molar-refractivity contribution in [2.75, 3.05) is 12.3 Å². The largest absolute Gasteiger partial charge is 0.498 e. The number of carbonyl (C=O) groups is 2. The molecule has 1 N–H and O–H groups in total. The van der Waals surface area contributed by atoms with Crippen molar-refractivity contribution in [2.45, 2.75) is 122 Å². The van der Waals surface area contributed by atoms with Crippen molar-refractivity contribution >= 4 is 36.3 Å². The van der Waals surface area contributed by atoms with Crippen LogP contribution in [-0.2, 0) is 18.8 Å². The third-order valence-corrected chi connectivity index (χ3v) is 8.06. The van der Waals surface area contributed by atoms with E-state index in [4.69, 9.17) is 14.0 Å². The van der Waals surface area contributed by atoms with Crippen LogP contribution < -0.4 is 10.8 Å². The Kier molecular flexibility index (Phi) is 9.56. The molecule has 3 heterocycles. The van der Waals surface area contributed by atoms with Gasteiger partial charge in [-0.2, -0.15) is 0 Å². The molecule has 0 aliphatic carbocycles. The standard InChI is InChI=1S/C26H43BN4O5S/c1-18(30-23(33)34-24(2,3)4)21(32)31-14-10-9-12-20(31)13-11-15-37-22-28-16-19(17-29-22)27-35-25(5,6)26(7,8)36-27/h16-18,20H,9-15H2,1-8H3,(H,30,33). The van der Waals surface area contributed by atoms with E-state index in [0.29, 0.717) is 5.16 Å². The summed E-state index contributed by atoms with van der Waals surface area (Å²) in [6.07, 6.45) is 7.91. The minimum Gasteiger partial charge on any atom is -0.444 e. The van der Waals surface area contributed by atoms with Gasteiger partial charge in [0, 0.05) is 36.2 Å². The van der Waals surface area contributed by atoms with Crippen LogP contribution in [0.15, 0.2) is 17.6 Å². The van der Waals surface area contributed by atoms with Crippen LogP contribution >= 0.6 is 11.8 Å². The zero-order chi connectivity index (χ0) is 27.4. The SMILES string of the molecule is CC(NC(=O)OC(C)(C)C)C(=O)N1CCCCC1CCCSc1ncc(B2OC(C)(C)C(C)(C)O2)cn1. The van der Waals surface area contributed by atoms with E-state index in [-0.39, 0.29) is 11.9 Å². The van der Waals surface area contributed by atoms with Crippen LogP contribution in [0.4, 0.5) is 4.79 Å². The smallest absolute Gasteiger partial charge is 0.444 e. The number of amides is 2. The Balaban J connectivity index is 1.45. The highest BCUT2D eigenvalue weighted by molar-refractivity contribution is 7.99. The lowest BCUT2D eigenvalue weighted by atomic mass is 9.81. The minimum atomic E-state index is -0.624. The first kappa shape index (κ1) is 29.7. The predicted molar refractivity (Wildman–Crippen MR) is 146 cm³/mol.